The molecule has 4 aromatic rings. The lowest BCUT2D eigenvalue weighted by molar-refractivity contribution is -0.143. The van der Waals surface area contributed by atoms with Crippen LogP contribution in [0.2, 0.25) is 0 Å². The van der Waals surface area contributed by atoms with Crippen LogP contribution in [0.3, 0.4) is 0 Å². The second-order valence-corrected chi connectivity index (χ2v) is 15.7. The van der Waals surface area contributed by atoms with Gasteiger partial charge in [-0.25, -0.2) is 22.2 Å². The number of morpholine rings is 2. The predicted octanol–water partition coefficient (Wildman–Crippen LogP) is 2.55. The van der Waals surface area contributed by atoms with Gasteiger partial charge in [0, 0.05) is 38.6 Å². The molecule has 0 saturated carbocycles. The third-order valence-corrected chi connectivity index (χ3v) is 11.6. The molecule has 4 heterocycles. The zero-order valence-corrected chi connectivity index (χ0v) is 30.2. The standard InChI is InChI=1S/C35H38FN5O9S2/c1-23-18-39(19-24(2)50-23)30(43)20-38-10-11-41-33(44)32(49-22-25-6-4-3-5-7-25)31(37-35(38)41)34(45)51-28(21-42)16-26-8-9-27(36)17-29(26)52(46,47)40-12-14-48-15-13-40/h3-11,17,21,23-24,28H,12-16,18-20,22H2,1-2H3/t23-,24-,28?/m0/s1. The maximum atomic E-state index is 14.4. The molecule has 2 aromatic carbocycles. The lowest BCUT2D eigenvalue weighted by atomic mass is 10.1. The zero-order valence-electron chi connectivity index (χ0n) is 28.6. The Morgan fingerprint density at radius 3 is 2.48 bits per heavy atom. The molecule has 6 rings (SSSR count). The predicted molar refractivity (Wildman–Crippen MR) is 188 cm³/mol. The van der Waals surface area contributed by atoms with Crippen molar-refractivity contribution >= 4 is 44.9 Å². The molecule has 1 amide bonds. The Kier molecular flexibility index (Phi) is 11.5. The average Bonchev–Trinajstić information content (AvgIpc) is 3.54. The molecule has 3 atom stereocenters. The molecule has 0 aliphatic carbocycles. The maximum absolute atomic E-state index is 14.4. The summed E-state index contributed by atoms with van der Waals surface area (Å²) in [7, 11) is -4.16. The van der Waals surface area contributed by atoms with Crippen LogP contribution in [0.25, 0.3) is 5.78 Å². The largest absolute Gasteiger partial charge is 0.481 e. The van der Waals surface area contributed by atoms with Crippen LogP contribution in [0, 0.1) is 5.82 Å². The van der Waals surface area contributed by atoms with Crippen molar-refractivity contribution in [1.29, 1.82) is 0 Å². The minimum atomic E-state index is -4.16. The Morgan fingerprint density at radius 2 is 1.79 bits per heavy atom. The molecular weight excluding hydrogens is 718 g/mol. The fraction of sp³-hybridized carbons (Fsp3) is 0.400. The Bertz CT molecular complexity index is 2110. The average molecular weight is 756 g/mol. The maximum Gasteiger partial charge on any atom is 0.302 e. The van der Waals surface area contributed by atoms with Crippen molar-refractivity contribution in [2.45, 2.75) is 55.8 Å². The lowest BCUT2D eigenvalue weighted by Gasteiger charge is -2.35. The number of halogens is 1. The van der Waals surface area contributed by atoms with E-state index in [9.17, 15) is 32.0 Å². The molecular formula is C35H38FN5O9S2. The fourth-order valence-electron chi connectivity index (χ4n) is 6.20. The number of ether oxygens (including phenoxy) is 3. The first-order valence-corrected chi connectivity index (χ1v) is 19.0. The summed E-state index contributed by atoms with van der Waals surface area (Å²) in [6.45, 7) is 4.82. The summed E-state index contributed by atoms with van der Waals surface area (Å²) in [5.74, 6) is -1.37. The van der Waals surface area contributed by atoms with Crippen molar-refractivity contribution in [1.82, 2.24) is 23.2 Å². The Hall–Kier alpha value is -4.42. The van der Waals surface area contributed by atoms with Gasteiger partial charge in [-0.05, 0) is 43.5 Å². The number of aromatic nitrogens is 3. The molecule has 52 heavy (non-hydrogen) atoms. The highest BCUT2D eigenvalue weighted by atomic mass is 32.2. The van der Waals surface area contributed by atoms with E-state index in [-0.39, 0.29) is 91.7 Å². The molecule has 2 aliphatic rings. The molecule has 1 unspecified atom stereocenters. The molecule has 17 heteroatoms. The van der Waals surface area contributed by atoms with Crippen LogP contribution in [-0.4, -0.2) is 106 Å². The van der Waals surface area contributed by atoms with Gasteiger partial charge in [0.2, 0.25) is 32.6 Å². The van der Waals surface area contributed by atoms with Gasteiger partial charge in [-0.3, -0.25) is 14.4 Å². The molecule has 0 radical (unpaired) electrons. The van der Waals surface area contributed by atoms with Gasteiger partial charge in [-0.2, -0.15) is 4.31 Å². The number of sulfonamides is 1. The van der Waals surface area contributed by atoms with Gasteiger partial charge < -0.3 is 28.5 Å². The van der Waals surface area contributed by atoms with Crippen LogP contribution in [-0.2, 0) is 48.7 Å². The molecule has 2 fully saturated rings. The van der Waals surface area contributed by atoms with E-state index in [0.717, 1.165) is 12.1 Å². The SMILES string of the molecule is C[C@H]1CN(C(=O)Cn2ccn3c(=O)c(OCc4ccccc4)c(C(=O)SC(C=O)Cc4ccc(F)cc4S(=O)(=O)N4CCOCC4)nc23)C[C@H](C)O1. The van der Waals surface area contributed by atoms with Crippen molar-refractivity contribution < 1.29 is 41.4 Å². The summed E-state index contributed by atoms with van der Waals surface area (Å²) >= 11 is 0.532. The smallest absolute Gasteiger partial charge is 0.302 e. The molecule has 2 aromatic heterocycles. The Morgan fingerprint density at radius 1 is 1.08 bits per heavy atom. The molecule has 2 saturated heterocycles. The first-order valence-electron chi connectivity index (χ1n) is 16.7. The number of thioether (sulfide) groups is 1. The highest BCUT2D eigenvalue weighted by molar-refractivity contribution is 8.15. The van der Waals surface area contributed by atoms with E-state index in [0.29, 0.717) is 36.7 Å². The molecule has 2 aliphatic heterocycles. The third-order valence-electron chi connectivity index (χ3n) is 8.65. The van der Waals surface area contributed by atoms with Crippen LogP contribution in [0.15, 0.2) is 70.6 Å². The van der Waals surface area contributed by atoms with Crippen molar-refractivity contribution in [2.24, 2.45) is 0 Å². The van der Waals surface area contributed by atoms with Crippen LogP contribution in [0.4, 0.5) is 4.39 Å². The number of imidazole rings is 1. The van der Waals surface area contributed by atoms with Gasteiger partial charge in [0.05, 0.1) is 35.6 Å². The molecule has 0 N–H and O–H groups in total. The topological polar surface area (TPSA) is 159 Å². The van der Waals surface area contributed by atoms with Crippen molar-refractivity contribution in [3.63, 3.8) is 0 Å². The van der Waals surface area contributed by atoms with E-state index in [2.05, 4.69) is 4.98 Å². The normalized spacial score (nSPS) is 19.0. The summed E-state index contributed by atoms with van der Waals surface area (Å²) in [6.07, 6.45) is 2.86. The van der Waals surface area contributed by atoms with E-state index < -0.39 is 31.8 Å². The van der Waals surface area contributed by atoms with Gasteiger partial charge in [0.25, 0.3) is 0 Å². The number of fused-ring (bicyclic) bond motifs is 1. The number of nitrogens with zero attached hydrogens (tertiary/aromatic N) is 5. The number of hydrogen-bond acceptors (Lipinski definition) is 11. The van der Waals surface area contributed by atoms with E-state index >= 15 is 0 Å². The van der Waals surface area contributed by atoms with Gasteiger partial charge in [0.15, 0.2) is 5.69 Å². The number of carbonyl (C=O) groups excluding carboxylic acids is 3. The summed E-state index contributed by atoms with van der Waals surface area (Å²) in [6, 6.07) is 12.2. The van der Waals surface area contributed by atoms with Crippen LogP contribution < -0.4 is 10.3 Å². The lowest BCUT2D eigenvalue weighted by Crippen LogP contribution is -2.49. The zero-order chi connectivity index (χ0) is 37.0. The second-order valence-electron chi connectivity index (χ2n) is 12.6. The molecule has 0 bridgehead atoms. The van der Waals surface area contributed by atoms with Crippen molar-refractivity contribution in [2.75, 3.05) is 39.4 Å². The van der Waals surface area contributed by atoms with E-state index in [4.69, 9.17) is 14.2 Å². The first-order chi connectivity index (χ1) is 24.9. The minimum absolute atomic E-state index is 0.00351. The summed E-state index contributed by atoms with van der Waals surface area (Å²) < 4.78 is 62.2. The summed E-state index contributed by atoms with van der Waals surface area (Å²) in [4.78, 5) is 59.5. The van der Waals surface area contributed by atoms with Crippen LogP contribution in [0.5, 0.6) is 5.75 Å². The van der Waals surface area contributed by atoms with Gasteiger partial charge >= 0.3 is 5.56 Å². The molecule has 14 nitrogen and oxygen atoms in total. The Labute approximate surface area is 303 Å². The number of carbonyl (C=O) groups is 3. The third kappa shape index (κ3) is 8.28. The minimum Gasteiger partial charge on any atom is -0.481 e. The first kappa shape index (κ1) is 37.3. The van der Waals surface area contributed by atoms with Crippen molar-refractivity contribution in [3.05, 3.63) is 93.9 Å². The highest BCUT2D eigenvalue weighted by Crippen LogP contribution is 2.29. The fourth-order valence-corrected chi connectivity index (χ4v) is 8.69. The molecule has 276 valence electrons. The second kappa shape index (κ2) is 16.1. The van der Waals surface area contributed by atoms with Gasteiger partial charge in [-0.15, -0.1) is 0 Å². The van der Waals surface area contributed by atoms with E-state index in [1.54, 1.807) is 29.2 Å². The van der Waals surface area contributed by atoms with E-state index in [1.807, 2.05) is 19.9 Å². The van der Waals surface area contributed by atoms with Crippen LogP contribution >= 0.6 is 11.8 Å². The number of hydrogen-bond donors (Lipinski definition) is 0. The monoisotopic (exact) mass is 755 g/mol. The number of benzene rings is 2. The van der Waals surface area contributed by atoms with Crippen LogP contribution in [0.1, 0.15) is 35.5 Å². The van der Waals surface area contributed by atoms with Crippen molar-refractivity contribution in [3.8, 4) is 5.75 Å². The quantitative estimate of drug-likeness (QED) is 0.196. The number of aldehydes is 1. The highest BCUT2D eigenvalue weighted by Gasteiger charge is 2.32. The van der Waals surface area contributed by atoms with Gasteiger partial charge in [-0.1, -0.05) is 48.2 Å². The summed E-state index contributed by atoms with van der Waals surface area (Å²) in [5.41, 5.74) is -0.233. The number of rotatable bonds is 12. The van der Waals surface area contributed by atoms with Gasteiger partial charge in [0.1, 0.15) is 25.3 Å². The number of amides is 1. The summed E-state index contributed by atoms with van der Waals surface area (Å²) in [5, 5.41) is -1.95. The van der Waals surface area contributed by atoms with E-state index in [1.165, 1.54) is 31.7 Å². The Balaban J connectivity index is 1.31. The molecule has 0 spiro atoms.